The van der Waals surface area contributed by atoms with Crippen LogP contribution in [0.15, 0.2) is 42.5 Å². The second-order valence-corrected chi connectivity index (χ2v) is 5.40. The Hall–Kier alpha value is -1.38. The maximum absolute atomic E-state index is 14.1. The van der Waals surface area contributed by atoms with Crippen molar-refractivity contribution in [3.8, 4) is 0 Å². The molecule has 2 aromatic carbocycles. The molecule has 0 aliphatic rings. The molecule has 0 amide bonds. The fraction of sp³-hybridized carbons (Fsp3) is 0.294. The minimum atomic E-state index is -0.254. The molecule has 1 unspecified atom stereocenters. The number of hydrogen-bond donors (Lipinski definition) is 1. The van der Waals surface area contributed by atoms with Gasteiger partial charge in [-0.3, -0.25) is 0 Å². The lowest BCUT2D eigenvalue weighted by molar-refractivity contribution is 0.510. The van der Waals surface area contributed by atoms with Crippen molar-refractivity contribution < 1.29 is 4.39 Å². The van der Waals surface area contributed by atoms with Crippen molar-refractivity contribution in [3.63, 3.8) is 0 Å². The Morgan fingerprint density at radius 1 is 1.15 bits per heavy atom. The van der Waals surface area contributed by atoms with Crippen LogP contribution in [0.3, 0.4) is 0 Å². The molecule has 1 N–H and O–H groups in total. The number of hydrogen-bond acceptors (Lipinski definition) is 1. The van der Waals surface area contributed by atoms with E-state index >= 15 is 0 Å². The highest BCUT2D eigenvalue weighted by Gasteiger charge is 2.15. The zero-order chi connectivity index (χ0) is 14.5. The van der Waals surface area contributed by atoms with Crippen molar-refractivity contribution in [2.24, 2.45) is 0 Å². The van der Waals surface area contributed by atoms with Gasteiger partial charge in [0.05, 0.1) is 0 Å². The molecule has 0 radical (unpaired) electrons. The van der Waals surface area contributed by atoms with Crippen LogP contribution >= 0.6 is 11.6 Å². The number of aryl methyl sites for hydroxylation is 1. The summed E-state index contributed by atoms with van der Waals surface area (Å²) in [6.45, 7) is 4.87. The molecule has 0 bridgehead atoms. The van der Waals surface area contributed by atoms with Crippen molar-refractivity contribution >= 4 is 11.6 Å². The lowest BCUT2D eigenvalue weighted by Gasteiger charge is -2.19. The van der Waals surface area contributed by atoms with Gasteiger partial charge in [-0.1, -0.05) is 54.4 Å². The van der Waals surface area contributed by atoms with E-state index < -0.39 is 0 Å². The number of likely N-dealkylation sites (N-methyl/N-ethyl adjacent to an activating group) is 1. The average molecular weight is 292 g/mol. The van der Waals surface area contributed by atoms with Crippen LogP contribution in [0.2, 0.25) is 5.02 Å². The highest BCUT2D eigenvalue weighted by molar-refractivity contribution is 6.30. The predicted octanol–water partition coefficient (Wildman–Crippen LogP) is 4.68. The molecule has 2 rings (SSSR count). The molecule has 0 saturated carbocycles. The Morgan fingerprint density at radius 3 is 2.45 bits per heavy atom. The molecule has 0 aliphatic heterocycles. The van der Waals surface area contributed by atoms with Gasteiger partial charge in [0.2, 0.25) is 0 Å². The third-order valence-electron chi connectivity index (χ3n) is 3.35. The van der Waals surface area contributed by atoms with Crippen LogP contribution < -0.4 is 5.32 Å². The summed E-state index contributed by atoms with van der Waals surface area (Å²) >= 11 is 5.82. The highest BCUT2D eigenvalue weighted by atomic mass is 35.5. The Kier molecular flexibility index (Phi) is 5.16. The van der Waals surface area contributed by atoms with Crippen LogP contribution in [0.1, 0.15) is 29.7 Å². The molecular weight excluding hydrogens is 273 g/mol. The summed E-state index contributed by atoms with van der Waals surface area (Å²) in [4.78, 5) is 0. The van der Waals surface area contributed by atoms with E-state index in [4.69, 9.17) is 11.6 Å². The van der Waals surface area contributed by atoms with Crippen LogP contribution in [0, 0.1) is 12.7 Å². The van der Waals surface area contributed by atoms with E-state index in [2.05, 4.69) is 36.5 Å². The van der Waals surface area contributed by atoms with Crippen molar-refractivity contribution in [1.29, 1.82) is 0 Å². The van der Waals surface area contributed by atoms with Crippen LogP contribution in [0.5, 0.6) is 0 Å². The highest BCUT2D eigenvalue weighted by Crippen LogP contribution is 2.24. The summed E-state index contributed by atoms with van der Waals surface area (Å²) in [6.07, 6.45) is 0.757. The van der Waals surface area contributed by atoms with E-state index in [1.165, 1.54) is 17.2 Å². The minimum absolute atomic E-state index is 0.0417. The van der Waals surface area contributed by atoms with E-state index in [1.807, 2.05) is 6.92 Å². The lowest BCUT2D eigenvalue weighted by atomic mass is 9.98. The first kappa shape index (κ1) is 15.0. The third kappa shape index (κ3) is 3.81. The smallest absolute Gasteiger partial charge is 0.129 e. The molecule has 1 atom stereocenters. The Bertz CT molecular complexity index is 566. The van der Waals surface area contributed by atoms with Gasteiger partial charge in [0.1, 0.15) is 5.82 Å². The zero-order valence-electron chi connectivity index (χ0n) is 11.8. The minimum Gasteiger partial charge on any atom is -0.310 e. The average Bonchev–Trinajstić information content (AvgIpc) is 2.41. The monoisotopic (exact) mass is 291 g/mol. The van der Waals surface area contributed by atoms with E-state index in [-0.39, 0.29) is 11.9 Å². The predicted molar refractivity (Wildman–Crippen MR) is 82.7 cm³/mol. The van der Waals surface area contributed by atoms with Gasteiger partial charge in [-0.15, -0.1) is 0 Å². The second-order valence-electron chi connectivity index (χ2n) is 4.97. The molecular formula is C17H19ClFN. The number of rotatable bonds is 5. The second kappa shape index (κ2) is 6.87. The van der Waals surface area contributed by atoms with Crippen molar-refractivity contribution in [2.45, 2.75) is 26.3 Å². The van der Waals surface area contributed by atoms with Gasteiger partial charge in [-0.25, -0.2) is 4.39 Å². The first-order chi connectivity index (χ1) is 9.60. The lowest BCUT2D eigenvalue weighted by Crippen LogP contribution is -2.24. The normalized spacial score (nSPS) is 12.4. The number of halogens is 2. The van der Waals surface area contributed by atoms with Crippen molar-refractivity contribution in [1.82, 2.24) is 5.32 Å². The van der Waals surface area contributed by atoms with Gasteiger partial charge >= 0.3 is 0 Å². The molecule has 2 aromatic rings. The summed E-state index contributed by atoms with van der Waals surface area (Å²) in [5.41, 5.74) is 3.08. The molecule has 20 heavy (non-hydrogen) atoms. The third-order valence-corrected chi connectivity index (χ3v) is 3.58. The summed E-state index contributed by atoms with van der Waals surface area (Å²) < 4.78 is 14.1. The standard InChI is InChI=1S/C17H19ClFN/c1-3-20-17(10-13-6-4-12(2)5-7-13)15-9-8-14(18)11-16(15)19/h4-9,11,17,20H,3,10H2,1-2H3. The van der Waals surface area contributed by atoms with E-state index in [9.17, 15) is 4.39 Å². The van der Waals surface area contributed by atoms with Gasteiger partial charge in [0.25, 0.3) is 0 Å². The molecule has 0 spiro atoms. The summed E-state index contributed by atoms with van der Waals surface area (Å²) in [5.74, 6) is -0.254. The number of nitrogens with one attached hydrogen (secondary N) is 1. The molecule has 0 heterocycles. The van der Waals surface area contributed by atoms with E-state index in [0.29, 0.717) is 10.6 Å². The summed E-state index contributed by atoms with van der Waals surface area (Å²) in [7, 11) is 0. The molecule has 3 heteroatoms. The molecule has 0 saturated heterocycles. The SMILES string of the molecule is CCNC(Cc1ccc(C)cc1)c1ccc(Cl)cc1F. The maximum Gasteiger partial charge on any atom is 0.129 e. The van der Waals surface area contributed by atoms with Gasteiger partial charge in [0.15, 0.2) is 0 Å². The Labute approximate surface area is 124 Å². The molecule has 1 nitrogen and oxygen atoms in total. The van der Waals surface area contributed by atoms with Crippen LogP contribution in [0.25, 0.3) is 0 Å². The largest absolute Gasteiger partial charge is 0.310 e. The first-order valence-electron chi connectivity index (χ1n) is 6.84. The van der Waals surface area contributed by atoms with Gasteiger partial charge in [-0.05, 0) is 37.6 Å². The fourth-order valence-electron chi connectivity index (χ4n) is 2.28. The van der Waals surface area contributed by atoms with Gasteiger partial charge in [0, 0.05) is 16.6 Å². The Morgan fingerprint density at radius 2 is 1.85 bits per heavy atom. The molecule has 0 aromatic heterocycles. The molecule has 0 fully saturated rings. The van der Waals surface area contributed by atoms with Crippen LogP contribution in [0.4, 0.5) is 4.39 Å². The summed E-state index contributed by atoms with van der Waals surface area (Å²) in [5, 5.41) is 3.77. The zero-order valence-corrected chi connectivity index (χ0v) is 12.5. The summed E-state index contributed by atoms with van der Waals surface area (Å²) in [6, 6.07) is 13.2. The van der Waals surface area contributed by atoms with Crippen molar-refractivity contribution in [3.05, 3.63) is 70.0 Å². The van der Waals surface area contributed by atoms with Crippen LogP contribution in [-0.2, 0) is 6.42 Å². The first-order valence-corrected chi connectivity index (χ1v) is 7.22. The molecule has 0 aliphatic carbocycles. The van der Waals surface area contributed by atoms with E-state index in [1.54, 1.807) is 12.1 Å². The van der Waals surface area contributed by atoms with E-state index in [0.717, 1.165) is 13.0 Å². The van der Waals surface area contributed by atoms with Crippen LogP contribution in [-0.4, -0.2) is 6.54 Å². The quantitative estimate of drug-likeness (QED) is 0.843. The number of benzene rings is 2. The Balaban J connectivity index is 2.24. The maximum atomic E-state index is 14.1. The fourth-order valence-corrected chi connectivity index (χ4v) is 2.44. The molecule has 106 valence electrons. The van der Waals surface area contributed by atoms with Gasteiger partial charge < -0.3 is 5.32 Å². The topological polar surface area (TPSA) is 12.0 Å². The van der Waals surface area contributed by atoms with Crippen molar-refractivity contribution in [2.75, 3.05) is 6.54 Å². The van der Waals surface area contributed by atoms with Gasteiger partial charge in [-0.2, -0.15) is 0 Å².